The summed E-state index contributed by atoms with van der Waals surface area (Å²) in [4.78, 5) is 35.4. The van der Waals surface area contributed by atoms with Crippen LogP contribution in [0.4, 0.5) is 5.13 Å². The van der Waals surface area contributed by atoms with E-state index in [2.05, 4.69) is 15.3 Å². The molecule has 1 fully saturated rings. The van der Waals surface area contributed by atoms with Crippen LogP contribution in [0.3, 0.4) is 0 Å². The van der Waals surface area contributed by atoms with Gasteiger partial charge in [-0.25, -0.2) is 4.98 Å². The molecule has 3 aromatic rings. The number of pyridine rings is 1. The quantitative estimate of drug-likeness (QED) is 0.770. The molecular formula is C19H18N4O2S. The van der Waals surface area contributed by atoms with Crippen molar-refractivity contribution < 1.29 is 9.59 Å². The predicted octanol–water partition coefficient (Wildman–Crippen LogP) is 2.86. The zero-order valence-corrected chi connectivity index (χ0v) is 14.9. The van der Waals surface area contributed by atoms with Gasteiger partial charge in [-0.1, -0.05) is 18.2 Å². The highest BCUT2D eigenvalue weighted by molar-refractivity contribution is 7.13. The van der Waals surface area contributed by atoms with E-state index in [1.54, 1.807) is 22.7 Å². The van der Waals surface area contributed by atoms with Crippen molar-refractivity contribution in [3.05, 3.63) is 53.7 Å². The number of para-hydroxylation sites is 1. The monoisotopic (exact) mass is 366 g/mol. The molecule has 0 radical (unpaired) electrons. The Kier molecular flexibility index (Phi) is 4.62. The molecule has 26 heavy (non-hydrogen) atoms. The molecule has 0 aliphatic carbocycles. The predicted molar refractivity (Wildman–Crippen MR) is 101 cm³/mol. The van der Waals surface area contributed by atoms with E-state index in [4.69, 9.17) is 0 Å². The maximum absolute atomic E-state index is 12.8. The standard InChI is InChI=1S/C19H18N4O2S/c24-17(11-13-10-14-4-1-2-5-15(14)21-12-13)23-8-3-6-16(23)18(25)22-19-20-7-9-26-19/h1-2,4-5,7,9-10,12,16H,3,6,8,11H2,(H,20,22,25). The second kappa shape index (κ2) is 7.21. The van der Waals surface area contributed by atoms with E-state index < -0.39 is 6.04 Å². The van der Waals surface area contributed by atoms with E-state index in [0.717, 1.165) is 22.9 Å². The van der Waals surface area contributed by atoms with Gasteiger partial charge in [0, 0.05) is 29.7 Å². The maximum Gasteiger partial charge on any atom is 0.248 e. The number of carbonyl (C=O) groups excluding carboxylic acids is 2. The number of carbonyl (C=O) groups is 2. The molecule has 3 heterocycles. The molecule has 0 spiro atoms. The summed E-state index contributed by atoms with van der Waals surface area (Å²) in [7, 11) is 0. The molecule has 1 atom stereocenters. The van der Waals surface area contributed by atoms with Gasteiger partial charge in [0.05, 0.1) is 11.9 Å². The number of fused-ring (bicyclic) bond motifs is 1. The summed E-state index contributed by atoms with van der Waals surface area (Å²) >= 11 is 1.37. The molecule has 0 bridgehead atoms. The number of anilines is 1. The van der Waals surface area contributed by atoms with Crippen LogP contribution in [0.15, 0.2) is 48.1 Å². The van der Waals surface area contributed by atoms with E-state index in [1.807, 2.05) is 30.3 Å². The molecule has 4 rings (SSSR count). The van der Waals surface area contributed by atoms with Crippen LogP contribution in [0, 0.1) is 0 Å². The molecule has 1 aliphatic heterocycles. The second-order valence-corrected chi connectivity index (χ2v) is 7.18. The fraction of sp³-hybridized carbons (Fsp3) is 0.263. The Bertz CT molecular complexity index is 942. The SMILES string of the molecule is O=C(Nc1nccs1)C1CCCN1C(=O)Cc1cnc2ccccc2c1. The van der Waals surface area contributed by atoms with Gasteiger partial charge >= 0.3 is 0 Å². The summed E-state index contributed by atoms with van der Waals surface area (Å²) in [6.07, 6.45) is 5.14. The second-order valence-electron chi connectivity index (χ2n) is 6.28. The summed E-state index contributed by atoms with van der Waals surface area (Å²) in [5, 5.41) is 6.18. The van der Waals surface area contributed by atoms with Crippen LogP contribution in [0.2, 0.25) is 0 Å². The molecule has 6 nitrogen and oxygen atoms in total. The molecule has 1 unspecified atom stereocenters. The number of aromatic nitrogens is 2. The molecule has 1 aliphatic rings. The first kappa shape index (κ1) is 16.7. The maximum atomic E-state index is 12.8. The Morgan fingerprint density at radius 1 is 1.27 bits per heavy atom. The van der Waals surface area contributed by atoms with Crippen LogP contribution in [-0.2, 0) is 16.0 Å². The number of nitrogens with one attached hydrogen (secondary N) is 1. The van der Waals surface area contributed by atoms with Crippen LogP contribution in [0.5, 0.6) is 0 Å². The molecule has 2 amide bonds. The first-order valence-electron chi connectivity index (χ1n) is 8.54. The highest BCUT2D eigenvalue weighted by Gasteiger charge is 2.34. The zero-order chi connectivity index (χ0) is 17.9. The Morgan fingerprint density at radius 2 is 2.15 bits per heavy atom. The van der Waals surface area contributed by atoms with Gasteiger partial charge < -0.3 is 10.2 Å². The van der Waals surface area contributed by atoms with Crippen molar-refractivity contribution in [1.82, 2.24) is 14.9 Å². The molecule has 1 saturated heterocycles. The highest BCUT2D eigenvalue weighted by atomic mass is 32.1. The summed E-state index contributed by atoms with van der Waals surface area (Å²) < 4.78 is 0. The van der Waals surface area contributed by atoms with Crippen molar-refractivity contribution in [3.8, 4) is 0 Å². The van der Waals surface area contributed by atoms with Crippen molar-refractivity contribution in [2.45, 2.75) is 25.3 Å². The molecule has 1 aromatic carbocycles. The summed E-state index contributed by atoms with van der Waals surface area (Å²) in [5.41, 5.74) is 1.77. The van der Waals surface area contributed by atoms with Crippen molar-refractivity contribution in [3.63, 3.8) is 0 Å². The minimum atomic E-state index is -0.431. The topological polar surface area (TPSA) is 75.2 Å². The number of nitrogens with zero attached hydrogens (tertiary/aromatic N) is 3. The fourth-order valence-corrected chi connectivity index (χ4v) is 3.83. The van der Waals surface area contributed by atoms with E-state index in [1.165, 1.54) is 11.3 Å². The largest absolute Gasteiger partial charge is 0.330 e. The number of likely N-dealkylation sites (tertiary alicyclic amines) is 1. The Labute approximate surface area is 154 Å². The highest BCUT2D eigenvalue weighted by Crippen LogP contribution is 2.22. The Hall–Kier alpha value is -2.80. The molecular weight excluding hydrogens is 348 g/mol. The lowest BCUT2D eigenvalue weighted by molar-refractivity contribution is -0.136. The summed E-state index contributed by atoms with van der Waals surface area (Å²) in [5.74, 6) is -0.207. The molecule has 0 saturated carbocycles. The smallest absolute Gasteiger partial charge is 0.248 e. The summed E-state index contributed by atoms with van der Waals surface area (Å²) in [6, 6.07) is 9.38. The van der Waals surface area contributed by atoms with Crippen molar-refractivity contribution in [1.29, 1.82) is 0 Å². The van der Waals surface area contributed by atoms with Crippen LogP contribution >= 0.6 is 11.3 Å². The average Bonchev–Trinajstić information content (AvgIpc) is 3.33. The van der Waals surface area contributed by atoms with Gasteiger partial charge in [-0.2, -0.15) is 0 Å². The van der Waals surface area contributed by atoms with Gasteiger partial charge in [-0.15, -0.1) is 11.3 Å². The third-order valence-corrected chi connectivity index (χ3v) is 5.23. The van der Waals surface area contributed by atoms with Crippen molar-refractivity contribution >= 4 is 39.2 Å². The van der Waals surface area contributed by atoms with Crippen LogP contribution < -0.4 is 5.32 Å². The number of amides is 2. The van der Waals surface area contributed by atoms with Crippen molar-refractivity contribution in [2.24, 2.45) is 0 Å². The fourth-order valence-electron chi connectivity index (χ4n) is 3.30. The lowest BCUT2D eigenvalue weighted by Gasteiger charge is -2.23. The van der Waals surface area contributed by atoms with Gasteiger partial charge in [0.25, 0.3) is 0 Å². The van der Waals surface area contributed by atoms with E-state index in [-0.39, 0.29) is 18.2 Å². The van der Waals surface area contributed by atoms with Crippen molar-refractivity contribution in [2.75, 3.05) is 11.9 Å². The number of hydrogen-bond acceptors (Lipinski definition) is 5. The number of hydrogen-bond donors (Lipinski definition) is 1. The van der Waals surface area contributed by atoms with Gasteiger partial charge in [-0.05, 0) is 30.5 Å². The van der Waals surface area contributed by atoms with Crippen LogP contribution in [0.25, 0.3) is 10.9 Å². The third-order valence-electron chi connectivity index (χ3n) is 4.54. The van der Waals surface area contributed by atoms with Gasteiger partial charge in [-0.3, -0.25) is 14.6 Å². The van der Waals surface area contributed by atoms with E-state index in [0.29, 0.717) is 18.1 Å². The third kappa shape index (κ3) is 3.43. The zero-order valence-electron chi connectivity index (χ0n) is 14.1. The van der Waals surface area contributed by atoms with Crippen LogP contribution in [-0.4, -0.2) is 39.3 Å². The van der Waals surface area contributed by atoms with E-state index in [9.17, 15) is 9.59 Å². The lowest BCUT2D eigenvalue weighted by Crippen LogP contribution is -2.43. The average molecular weight is 366 g/mol. The molecule has 1 N–H and O–H groups in total. The minimum absolute atomic E-state index is 0.0427. The molecule has 2 aromatic heterocycles. The normalized spacial score (nSPS) is 16.8. The first-order chi connectivity index (χ1) is 12.7. The molecule has 132 valence electrons. The van der Waals surface area contributed by atoms with Gasteiger partial charge in [0.1, 0.15) is 6.04 Å². The number of benzene rings is 1. The summed E-state index contributed by atoms with van der Waals surface area (Å²) in [6.45, 7) is 0.607. The Balaban J connectivity index is 1.46. The number of rotatable bonds is 4. The number of thiazole rings is 1. The van der Waals surface area contributed by atoms with Gasteiger partial charge in [0.2, 0.25) is 11.8 Å². The minimum Gasteiger partial charge on any atom is -0.330 e. The van der Waals surface area contributed by atoms with Crippen LogP contribution in [0.1, 0.15) is 18.4 Å². The van der Waals surface area contributed by atoms with E-state index >= 15 is 0 Å². The Morgan fingerprint density at radius 3 is 3.00 bits per heavy atom. The molecule has 7 heteroatoms. The first-order valence-corrected chi connectivity index (χ1v) is 9.42. The lowest BCUT2D eigenvalue weighted by atomic mass is 10.1. The van der Waals surface area contributed by atoms with Gasteiger partial charge in [0.15, 0.2) is 5.13 Å².